The second-order valence-electron chi connectivity index (χ2n) is 6.49. The molecule has 0 bridgehead atoms. The lowest BCUT2D eigenvalue weighted by Gasteiger charge is -2.29. The van der Waals surface area contributed by atoms with Crippen LogP contribution in [0.15, 0.2) is 79.3 Å². The van der Waals surface area contributed by atoms with E-state index in [1.807, 2.05) is 45.5 Å². The average molecular weight is 440 g/mol. The summed E-state index contributed by atoms with van der Waals surface area (Å²) in [5.41, 5.74) is 2.10. The molecule has 0 fully saturated rings. The topological polar surface area (TPSA) is 44.3 Å². The van der Waals surface area contributed by atoms with E-state index in [1.165, 1.54) is 12.1 Å². The Morgan fingerprint density at radius 2 is 1.79 bits per heavy atom. The lowest BCUT2D eigenvalue weighted by atomic mass is 10.1. The van der Waals surface area contributed by atoms with Gasteiger partial charge >= 0.3 is 0 Å². The zero-order chi connectivity index (χ0) is 19.5. The number of nitrogens with zero attached hydrogens (tertiary/aromatic N) is 4. The molecule has 3 aromatic rings. The molecule has 2 heterocycles. The van der Waals surface area contributed by atoms with E-state index in [0.717, 1.165) is 16.9 Å². The van der Waals surface area contributed by atoms with E-state index in [0.29, 0.717) is 5.95 Å². The fourth-order valence-corrected chi connectivity index (χ4v) is 3.68. The highest BCUT2D eigenvalue weighted by atomic mass is 79.9. The van der Waals surface area contributed by atoms with Crippen molar-refractivity contribution in [2.45, 2.75) is 19.1 Å². The summed E-state index contributed by atoms with van der Waals surface area (Å²) in [4.78, 5) is 11.0. The first-order chi connectivity index (χ1) is 13.6. The van der Waals surface area contributed by atoms with Gasteiger partial charge in [-0.25, -0.2) is 9.37 Å². The van der Waals surface area contributed by atoms with E-state index in [4.69, 9.17) is 0 Å². The number of rotatable bonds is 5. The molecule has 1 aromatic heterocycles. The van der Waals surface area contributed by atoms with Crippen LogP contribution in [0.2, 0.25) is 0 Å². The largest absolute Gasteiger partial charge is 0.348 e. The van der Waals surface area contributed by atoms with Gasteiger partial charge in [0, 0.05) is 18.6 Å². The van der Waals surface area contributed by atoms with Crippen molar-refractivity contribution in [2.75, 3.05) is 10.2 Å². The van der Waals surface area contributed by atoms with Crippen molar-refractivity contribution < 1.29 is 4.39 Å². The van der Waals surface area contributed by atoms with Crippen molar-refractivity contribution in [3.05, 3.63) is 96.2 Å². The first kappa shape index (κ1) is 18.4. The number of aromatic nitrogens is 2. The molecular formula is C21H19BrFN5. The second-order valence-corrected chi connectivity index (χ2v) is 7.31. The van der Waals surface area contributed by atoms with Crippen molar-refractivity contribution in [3.63, 3.8) is 0 Å². The Hall–Kier alpha value is -2.93. The van der Waals surface area contributed by atoms with E-state index in [1.54, 1.807) is 18.3 Å². The van der Waals surface area contributed by atoms with Gasteiger partial charge in [-0.3, -0.25) is 3.93 Å². The quantitative estimate of drug-likeness (QED) is 0.539. The van der Waals surface area contributed by atoms with Crippen LogP contribution in [0, 0.1) is 5.82 Å². The highest BCUT2D eigenvalue weighted by Gasteiger charge is 2.29. The van der Waals surface area contributed by atoms with Crippen LogP contribution in [0.3, 0.4) is 0 Å². The predicted octanol–water partition coefficient (Wildman–Crippen LogP) is 5.39. The summed E-state index contributed by atoms with van der Waals surface area (Å²) in [5.74, 6) is 1.03. The minimum atomic E-state index is -0.259. The van der Waals surface area contributed by atoms with Gasteiger partial charge in [-0.15, -0.1) is 0 Å². The minimum Gasteiger partial charge on any atom is -0.348 e. The summed E-state index contributed by atoms with van der Waals surface area (Å²) in [6.07, 6.45) is 5.38. The number of benzene rings is 2. The van der Waals surface area contributed by atoms with E-state index >= 15 is 0 Å². The molecule has 2 unspecified atom stereocenters. The second kappa shape index (κ2) is 7.98. The maximum absolute atomic E-state index is 13.3. The molecule has 0 saturated carbocycles. The monoisotopic (exact) mass is 439 g/mol. The molecule has 0 amide bonds. The van der Waals surface area contributed by atoms with Crippen LogP contribution in [0.25, 0.3) is 0 Å². The predicted molar refractivity (Wildman–Crippen MR) is 112 cm³/mol. The lowest BCUT2D eigenvalue weighted by Crippen LogP contribution is -2.26. The van der Waals surface area contributed by atoms with E-state index in [-0.39, 0.29) is 18.0 Å². The van der Waals surface area contributed by atoms with Crippen LogP contribution in [-0.2, 0) is 0 Å². The highest BCUT2D eigenvalue weighted by molar-refractivity contribution is 9.07. The zero-order valence-electron chi connectivity index (χ0n) is 15.2. The van der Waals surface area contributed by atoms with Gasteiger partial charge in [-0.2, -0.15) is 4.98 Å². The molecule has 7 heteroatoms. The van der Waals surface area contributed by atoms with Crippen molar-refractivity contribution in [1.29, 1.82) is 0 Å². The fourth-order valence-electron chi connectivity index (χ4n) is 3.14. The minimum absolute atomic E-state index is 0.0751. The molecule has 142 valence electrons. The molecule has 5 nitrogen and oxygen atoms in total. The number of halogens is 2. The molecule has 1 aliphatic heterocycles. The molecule has 2 aromatic carbocycles. The van der Waals surface area contributed by atoms with Crippen LogP contribution in [-0.4, -0.2) is 13.9 Å². The van der Waals surface area contributed by atoms with Gasteiger partial charge < -0.3 is 10.2 Å². The first-order valence-corrected chi connectivity index (χ1v) is 9.63. The average Bonchev–Trinajstić information content (AvgIpc) is 3.11. The normalized spacial score (nSPS) is 17.0. The van der Waals surface area contributed by atoms with E-state index < -0.39 is 0 Å². The van der Waals surface area contributed by atoms with Gasteiger partial charge in [-0.05, 0) is 36.2 Å². The maximum Gasteiger partial charge on any atom is 0.225 e. The summed E-state index contributed by atoms with van der Waals surface area (Å²) >= 11 is 3.54. The Morgan fingerprint density at radius 3 is 2.54 bits per heavy atom. The fraction of sp³-hybridized carbons (Fsp3) is 0.143. The van der Waals surface area contributed by atoms with Crippen LogP contribution >= 0.6 is 16.1 Å². The maximum atomic E-state index is 13.3. The molecule has 1 aliphatic rings. The van der Waals surface area contributed by atoms with Gasteiger partial charge in [0.25, 0.3) is 0 Å². The highest BCUT2D eigenvalue weighted by Crippen LogP contribution is 2.36. The number of hydrogen-bond donors (Lipinski definition) is 1. The Kier molecular flexibility index (Phi) is 5.25. The zero-order valence-corrected chi connectivity index (χ0v) is 16.8. The lowest BCUT2D eigenvalue weighted by molar-refractivity contribution is 0.506. The van der Waals surface area contributed by atoms with Crippen LogP contribution in [0.5, 0.6) is 0 Å². The van der Waals surface area contributed by atoms with Gasteiger partial charge in [0.1, 0.15) is 17.8 Å². The molecule has 0 spiro atoms. The van der Waals surface area contributed by atoms with Gasteiger partial charge in [0.05, 0.1) is 22.2 Å². The third kappa shape index (κ3) is 3.84. The van der Waals surface area contributed by atoms with Gasteiger partial charge in [0.15, 0.2) is 0 Å². The standard InChI is InChI=1S/C21H19BrFN5/c1-15(16-5-3-2-4-6-16)25-21-24-12-11-19(26-21)27-13-14-28(22)20(27)17-7-9-18(23)10-8-17/h2-15,20H,1H3,(H,24,25,26). The summed E-state index contributed by atoms with van der Waals surface area (Å²) < 4.78 is 15.2. The summed E-state index contributed by atoms with van der Waals surface area (Å²) in [6.45, 7) is 2.07. The van der Waals surface area contributed by atoms with Crippen molar-refractivity contribution in [2.24, 2.45) is 0 Å². The molecule has 0 aliphatic carbocycles. The smallest absolute Gasteiger partial charge is 0.225 e. The number of nitrogens with one attached hydrogen (secondary N) is 1. The molecule has 1 N–H and O–H groups in total. The van der Waals surface area contributed by atoms with Crippen molar-refractivity contribution in [3.8, 4) is 0 Å². The molecule has 4 rings (SSSR count). The molecule has 0 radical (unpaired) electrons. The molecule has 28 heavy (non-hydrogen) atoms. The molecule has 2 atom stereocenters. The third-order valence-corrected chi connectivity index (χ3v) is 5.21. The Morgan fingerprint density at radius 1 is 1.04 bits per heavy atom. The summed E-state index contributed by atoms with van der Waals surface area (Å²) in [5, 5.41) is 3.35. The van der Waals surface area contributed by atoms with Crippen LogP contribution in [0.4, 0.5) is 16.2 Å². The molecule has 0 saturated heterocycles. The van der Waals surface area contributed by atoms with Crippen LogP contribution in [0.1, 0.15) is 30.3 Å². The van der Waals surface area contributed by atoms with Crippen molar-refractivity contribution in [1.82, 2.24) is 13.9 Å². The van der Waals surface area contributed by atoms with E-state index in [9.17, 15) is 4.39 Å². The Labute approximate surface area is 171 Å². The Bertz CT molecular complexity index is 964. The molecular weight excluding hydrogens is 421 g/mol. The third-order valence-electron chi connectivity index (χ3n) is 4.59. The first-order valence-electron chi connectivity index (χ1n) is 8.92. The van der Waals surface area contributed by atoms with Gasteiger partial charge in [-0.1, -0.05) is 42.5 Å². The number of hydrogen-bond acceptors (Lipinski definition) is 5. The SMILES string of the molecule is CC(Nc1nccc(N2C=CN(Br)C2c2ccc(F)cc2)n1)c1ccccc1. The van der Waals surface area contributed by atoms with Crippen molar-refractivity contribution >= 4 is 27.9 Å². The Balaban J connectivity index is 1.57. The van der Waals surface area contributed by atoms with Gasteiger partial charge in [0.2, 0.25) is 5.95 Å². The summed E-state index contributed by atoms with van der Waals surface area (Å²) in [6, 6.07) is 18.5. The van der Waals surface area contributed by atoms with Crippen LogP contribution < -0.4 is 10.2 Å². The number of anilines is 2. The van der Waals surface area contributed by atoms with E-state index in [2.05, 4.69) is 50.5 Å². The summed E-state index contributed by atoms with van der Waals surface area (Å²) in [7, 11) is 0.